The summed E-state index contributed by atoms with van der Waals surface area (Å²) in [5, 5.41) is 0. The summed E-state index contributed by atoms with van der Waals surface area (Å²) in [5.74, 6) is 0.863. The molecule has 2 heteroatoms. The van der Waals surface area contributed by atoms with Crippen molar-refractivity contribution in [2.75, 3.05) is 6.67 Å². The van der Waals surface area contributed by atoms with Crippen molar-refractivity contribution in [2.24, 2.45) is 17.6 Å². The van der Waals surface area contributed by atoms with Gasteiger partial charge < -0.3 is 5.73 Å². The Morgan fingerprint density at radius 3 is 2.70 bits per heavy atom. The van der Waals surface area contributed by atoms with Gasteiger partial charge in [0, 0.05) is 6.04 Å². The van der Waals surface area contributed by atoms with Crippen molar-refractivity contribution in [1.29, 1.82) is 0 Å². The Morgan fingerprint density at radius 1 is 1.40 bits per heavy atom. The van der Waals surface area contributed by atoms with Crippen LogP contribution >= 0.6 is 0 Å². The molecule has 1 nitrogen and oxygen atoms in total. The van der Waals surface area contributed by atoms with Gasteiger partial charge in [0.25, 0.3) is 0 Å². The van der Waals surface area contributed by atoms with Gasteiger partial charge in [-0.15, -0.1) is 0 Å². The summed E-state index contributed by atoms with van der Waals surface area (Å²) in [7, 11) is 0. The van der Waals surface area contributed by atoms with Crippen LogP contribution < -0.4 is 5.73 Å². The third-order valence-corrected chi connectivity index (χ3v) is 4.05. The van der Waals surface area contributed by atoms with Gasteiger partial charge in [-0.3, -0.25) is 0 Å². The van der Waals surface area contributed by atoms with E-state index in [1.807, 2.05) is 0 Å². The lowest BCUT2D eigenvalue weighted by Crippen LogP contribution is -2.14. The van der Waals surface area contributed by atoms with Crippen LogP contribution in [0.1, 0.15) is 36.9 Å². The normalized spacial score (nSPS) is 24.1. The van der Waals surface area contributed by atoms with Gasteiger partial charge in [0.05, 0.1) is 0 Å². The maximum absolute atomic E-state index is 12.6. The van der Waals surface area contributed by atoms with Crippen LogP contribution in [0.2, 0.25) is 0 Å². The second-order valence-electron chi connectivity index (χ2n) is 5.61. The maximum Gasteiger partial charge on any atom is 0.108 e. The number of hydrogen-bond donors (Lipinski definition) is 1. The van der Waals surface area contributed by atoms with Crippen molar-refractivity contribution in [3.63, 3.8) is 0 Å². The van der Waals surface area contributed by atoms with Gasteiger partial charge in [-0.1, -0.05) is 55.0 Å². The highest BCUT2D eigenvalue weighted by molar-refractivity contribution is 5.32. The first kappa shape index (κ1) is 15.0. The zero-order chi connectivity index (χ0) is 14.5. The lowest BCUT2D eigenvalue weighted by Gasteiger charge is -2.12. The van der Waals surface area contributed by atoms with Gasteiger partial charge in [0.15, 0.2) is 0 Å². The summed E-state index contributed by atoms with van der Waals surface area (Å²) in [5.41, 5.74) is 9.90. The molecule has 1 aliphatic carbocycles. The Hall–Kier alpha value is -1.41. The van der Waals surface area contributed by atoms with Crippen molar-refractivity contribution >= 4 is 0 Å². The van der Waals surface area contributed by atoms with Gasteiger partial charge in [0.1, 0.15) is 6.67 Å². The van der Waals surface area contributed by atoms with Gasteiger partial charge in [0.2, 0.25) is 0 Å². The molecule has 2 rings (SSSR count). The van der Waals surface area contributed by atoms with E-state index in [1.165, 1.54) is 11.1 Å². The molecule has 1 saturated carbocycles. The molecular formula is C18H24FN. The first-order chi connectivity index (χ1) is 9.67. The molecule has 1 aliphatic rings. The molecule has 1 fully saturated rings. The largest absolute Gasteiger partial charge is 0.324 e. The highest BCUT2D eigenvalue weighted by Crippen LogP contribution is 2.50. The molecule has 0 heterocycles. The molecule has 1 aromatic carbocycles. The summed E-state index contributed by atoms with van der Waals surface area (Å²) in [4.78, 5) is 0. The number of hydrogen-bond acceptors (Lipinski definition) is 1. The summed E-state index contributed by atoms with van der Waals surface area (Å²) in [6.45, 7) is 3.77. The number of nitrogens with two attached hydrogens (primary N) is 1. The fourth-order valence-corrected chi connectivity index (χ4v) is 2.72. The number of halogens is 1. The van der Waals surface area contributed by atoms with E-state index >= 15 is 0 Å². The zero-order valence-corrected chi connectivity index (χ0v) is 12.4. The Labute approximate surface area is 121 Å². The molecule has 3 atom stereocenters. The smallest absolute Gasteiger partial charge is 0.108 e. The van der Waals surface area contributed by atoms with Gasteiger partial charge >= 0.3 is 0 Å². The van der Waals surface area contributed by atoms with Crippen LogP contribution in [0, 0.1) is 18.8 Å². The van der Waals surface area contributed by atoms with Crippen molar-refractivity contribution in [1.82, 2.24) is 0 Å². The molecule has 2 N–H and O–H groups in total. The third-order valence-electron chi connectivity index (χ3n) is 4.05. The molecule has 0 bridgehead atoms. The van der Waals surface area contributed by atoms with E-state index in [-0.39, 0.29) is 6.04 Å². The minimum absolute atomic E-state index is 0.0543. The fourth-order valence-electron chi connectivity index (χ4n) is 2.72. The van der Waals surface area contributed by atoms with E-state index in [2.05, 4.69) is 50.3 Å². The van der Waals surface area contributed by atoms with Crippen molar-refractivity contribution in [2.45, 2.75) is 32.7 Å². The Kier molecular flexibility index (Phi) is 5.13. The summed E-state index contributed by atoms with van der Waals surface area (Å²) in [6, 6.07) is 8.47. The molecule has 0 radical (unpaired) electrons. The number of rotatable bonds is 6. The molecule has 0 aliphatic heterocycles. The predicted molar refractivity (Wildman–Crippen MR) is 83.2 cm³/mol. The molecule has 0 spiro atoms. The van der Waals surface area contributed by atoms with E-state index in [0.29, 0.717) is 11.8 Å². The van der Waals surface area contributed by atoms with Crippen LogP contribution in [0.25, 0.3) is 0 Å². The molecule has 0 aromatic heterocycles. The lowest BCUT2D eigenvalue weighted by molar-refractivity contribution is 0.555. The van der Waals surface area contributed by atoms with Crippen molar-refractivity contribution in [3.05, 3.63) is 59.2 Å². The van der Waals surface area contributed by atoms with Gasteiger partial charge in [-0.05, 0) is 42.7 Å². The van der Waals surface area contributed by atoms with Crippen LogP contribution in [0.4, 0.5) is 4.39 Å². The molecule has 3 unspecified atom stereocenters. The second kappa shape index (κ2) is 6.85. The molecule has 0 amide bonds. The van der Waals surface area contributed by atoms with E-state index in [4.69, 9.17) is 5.73 Å². The minimum Gasteiger partial charge on any atom is -0.324 e. The third kappa shape index (κ3) is 3.57. The average molecular weight is 273 g/mol. The topological polar surface area (TPSA) is 26.0 Å². The molecular weight excluding hydrogens is 249 g/mol. The van der Waals surface area contributed by atoms with Crippen molar-refractivity contribution < 1.29 is 4.39 Å². The zero-order valence-electron chi connectivity index (χ0n) is 12.4. The second-order valence-corrected chi connectivity index (χ2v) is 5.61. The summed E-state index contributed by atoms with van der Waals surface area (Å²) in [6.07, 6.45) is 7.89. The van der Waals surface area contributed by atoms with E-state index < -0.39 is 6.67 Å². The molecule has 1 aromatic rings. The highest BCUT2D eigenvalue weighted by Gasteiger charge is 2.43. The Bertz CT molecular complexity index is 487. The van der Waals surface area contributed by atoms with Crippen LogP contribution in [0.15, 0.2) is 48.1 Å². The number of alkyl halides is 1. The van der Waals surface area contributed by atoms with Crippen LogP contribution in [-0.2, 0) is 0 Å². The minimum atomic E-state index is -0.396. The molecule has 0 saturated heterocycles. The Morgan fingerprint density at radius 2 is 2.10 bits per heavy atom. The average Bonchev–Trinajstić information content (AvgIpc) is 3.24. The quantitative estimate of drug-likeness (QED) is 0.759. The number of benzene rings is 1. The van der Waals surface area contributed by atoms with E-state index in [0.717, 1.165) is 18.4 Å². The lowest BCUT2D eigenvalue weighted by atomic mass is 9.98. The SMILES string of the molecule is CC/C=C\C(=C/CF)C1CC1C(N)c1ccc(C)cc1. The molecule has 108 valence electrons. The van der Waals surface area contributed by atoms with E-state index in [1.54, 1.807) is 6.08 Å². The Balaban J connectivity index is 2.04. The molecule has 20 heavy (non-hydrogen) atoms. The predicted octanol–water partition coefficient (Wildman–Crippen LogP) is 4.49. The van der Waals surface area contributed by atoms with Gasteiger partial charge in [-0.25, -0.2) is 4.39 Å². The highest BCUT2D eigenvalue weighted by atomic mass is 19.1. The van der Waals surface area contributed by atoms with Crippen LogP contribution in [0.3, 0.4) is 0 Å². The summed E-state index contributed by atoms with van der Waals surface area (Å²) < 4.78 is 12.6. The standard InChI is InChI=1S/C18H24FN/c1-3-4-5-14(10-11-19)16-12-17(16)18(20)15-8-6-13(2)7-9-15/h4-10,16-18H,3,11-12,20H2,1-2H3/b5-4-,14-10+. The van der Waals surface area contributed by atoms with Crippen LogP contribution in [-0.4, -0.2) is 6.67 Å². The monoisotopic (exact) mass is 273 g/mol. The fraction of sp³-hybridized carbons (Fsp3) is 0.444. The van der Waals surface area contributed by atoms with Crippen LogP contribution in [0.5, 0.6) is 0 Å². The number of allylic oxidation sites excluding steroid dienone is 4. The first-order valence-corrected chi connectivity index (χ1v) is 7.42. The maximum atomic E-state index is 12.6. The first-order valence-electron chi connectivity index (χ1n) is 7.42. The van der Waals surface area contributed by atoms with Gasteiger partial charge in [-0.2, -0.15) is 0 Å². The van der Waals surface area contributed by atoms with E-state index in [9.17, 15) is 4.39 Å². The number of aryl methyl sites for hydroxylation is 1. The summed E-state index contributed by atoms with van der Waals surface area (Å²) >= 11 is 0. The van der Waals surface area contributed by atoms with Crippen molar-refractivity contribution in [3.8, 4) is 0 Å².